The highest BCUT2D eigenvalue weighted by molar-refractivity contribution is 14.1. The molecule has 0 saturated carbocycles. The van der Waals surface area contributed by atoms with Gasteiger partial charge in [0, 0.05) is 27.1 Å². The second kappa shape index (κ2) is 7.74. The van der Waals surface area contributed by atoms with Gasteiger partial charge in [-0.1, -0.05) is 0 Å². The Bertz CT molecular complexity index is 690. The van der Waals surface area contributed by atoms with E-state index in [0.717, 1.165) is 3.57 Å². The standard InChI is InChI=1S/C15H14IN3O3/c1-2-22-13-8-12(16)7-11(14(13)20)9-18-19-15(21)10-3-5-17-6-4-10/h3-9,20H,2H2,1H3,(H,19,21). The van der Waals surface area contributed by atoms with Gasteiger partial charge >= 0.3 is 0 Å². The van der Waals surface area contributed by atoms with E-state index in [0.29, 0.717) is 23.5 Å². The van der Waals surface area contributed by atoms with Crippen molar-refractivity contribution in [3.63, 3.8) is 0 Å². The molecule has 2 rings (SSSR count). The van der Waals surface area contributed by atoms with Crippen LogP contribution in [0.4, 0.5) is 0 Å². The highest BCUT2D eigenvalue weighted by Crippen LogP contribution is 2.31. The van der Waals surface area contributed by atoms with Crippen molar-refractivity contribution >= 4 is 34.7 Å². The minimum atomic E-state index is -0.353. The van der Waals surface area contributed by atoms with E-state index in [1.54, 1.807) is 24.3 Å². The van der Waals surface area contributed by atoms with Crippen LogP contribution in [0.1, 0.15) is 22.8 Å². The Balaban J connectivity index is 2.12. The van der Waals surface area contributed by atoms with E-state index >= 15 is 0 Å². The number of phenols is 1. The molecule has 2 aromatic rings. The quantitative estimate of drug-likeness (QED) is 0.450. The first-order valence-electron chi connectivity index (χ1n) is 6.50. The van der Waals surface area contributed by atoms with Crippen molar-refractivity contribution in [1.82, 2.24) is 10.4 Å². The summed E-state index contributed by atoms with van der Waals surface area (Å²) in [6, 6.07) is 6.63. The van der Waals surface area contributed by atoms with Gasteiger partial charge in [0.1, 0.15) is 0 Å². The third-order valence-electron chi connectivity index (χ3n) is 2.68. The van der Waals surface area contributed by atoms with E-state index in [-0.39, 0.29) is 11.7 Å². The summed E-state index contributed by atoms with van der Waals surface area (Å²) in [5.41, 5.74) is 3.31. The molecule has 0 bridgehead atoms. The van der Waals surface area contributed by atoms with Crippen molar-refractivity contribution < 1.29 is 14.6 Å². The molecule has 114 valence electrons. The molecule has 0 unspecified atom stereocenters. The molecule has 1 aromatic carbocycles. The molecular formula is C15H14IN3O3. The maximum Gasteiger partial charge on any atom is 0.271 e. The van der Waals surface area contributed by atoms with Gasteiger partial charge in [-0.05, 0) is 53.8 Å². The monoisotopic (exact) mass is 411 g/mol. The number of benzene rings is 1. The van der Waals surface area contributed by atoms with E-state index in [1.165, 1.54) is 18.6 Å². The number of ether oxygens (including phenoxy) is 1. The highest BCUT2D eigenvalue weighted by atomic mass is 127. The molecule has 0 spiro atoms. The lowest BCUT2D eigenvalue weighted by Gasteiger charge is -2.08. The van der Waals surface area contributed by atoms with E-state index in [4.69, 9.17) is 4.74 Å². The zero-order valence-corrected chi connectivity index (χ0v) is 13.9. The Morgan fingerprint density at radius 2 is 2.18 bits per heavy atom. The Morgan fingerprint density at radius 1 is 1.45 bits per heavy atom. The molecule has 0 fully saturated rings. The van der Waals surface area contributed by atoms with Crippen LogP contribution in [0.3, 0.4) is 0 Å². The number of aromatic hydroxyl groups is 1. The Hall–Kier alpha value is -2.16. The summed E-state index contributed by atoms with van der Waals surface area (Å²) in [5.74, 6) is 0.0225. The van der Waals surface area contributed by atoms with Crippen LogP contribution in [-0.4, -0.2) is 28.8 Å². The second-order valence-electron chi connectivity index (χ2n) is 4.21. The van der Waals surface area contributed by atoms with Gasteiger partial charge in [0.2, 0.25) is 0 Å². The lowest BCUT2D eigenvalue weighted by atomic mass is 10.2. The van der Waals surface area contributed by atoms with E-state index in [2.05, 4.69) is 38.1 Å². The van der Waals surface area contributed by atoms with Crippen molar-refractivity contribution in [2.75, 3.05) is 6.61 Å². The SMILES string of the molecule is CCOc1cc(I)cc(C=NNC(=O)c2ccncc2)c1O. The van der Waals surface area contributed by atoms with E-state index in [9.17, 15) is 9.90 Å². The van der Waals surface area contributed by atoms with Crippen molar-refractivity contribution in [2.24, 2.45) is 5.10 Å². The van der Waals surface area contributed by atoms with Crippen molar-refractivity contribution in [1.29, 1.82) is 0 Å². The smallest absolute Gasteiger partial charge is 0.271 e. The lowest BCUT2D eigenvalue weighted by Crippen LogP contribution is -2.17. The van der Waals surface area contributed by atoms with Crippen molar-refractivity contribution in [3.8, 4) is 11.5 Å². The summed E-state index contributed by atoms with van der Waals surface area (Å²) >= 11 is 2.11. The van der Waals surface area contributed by atoms with Crippen LogP contribution >= 0.6 is 22.6 Å². The van der Waals surface area contributed by atoms with Crippen LogP contribution in [0.5, 0.6) is 11.5 Å². The molecule has 1 heterocycles. The first-order chi connectivity index (χ1) is 10.6. The number of pyridine rings is 1. The van der Waals surface area contributed by atoms with Gasteiger partial charge in [0.25, 0.3) is 5.91 Å². The number of aromatic nitrogens is 1. The van der Waals surface area contributed by atoms with Crippen LogP contribution in [-0.2, 0) is 0 Å². The normalized spacial score (nSPS) is 10.6. The van der Waals surface area contributed by atoms with Crippen LogP contribution < -0.4 is 10.2 Å². The van der Waals surface area contributed by atoms with Crippen molar-refractivity contribution in [3.05, 3.63) is 51.4 Å². The maximum absolute atomic E-state index is 11.8. The van der Waals surface area contributed by atoms with Crippen LogP contribution in [0.2, 0.25) is 0 Å². The number of rotatable bonds is 5. The highest BCUT2D eigenvalue weighted by Gasteiger charge is 2.09. The number of carbonyl (C=O) groups excluding carboxylic acids is 1. The molecule has 22 heavy (non-hydrogen) atoms. The fraction of sp³-hybridized carbons (Fsp3) is 0.133. The summed E-state index contributed by atoms with van der Waals surface area (Å²) in [7, 11) is 0. The summed E-state index contributed by atoms with van der Waals surface area (Å²) in [4.78, 5) is 15.7. The van der Waals surface area contributed by atoms with E-state index < -0.39 is 0 Å². The van der Waals surface area contributed by atoms with Crippen LogP contribution in [0.25, 0.3) is 0 Å². The van der Waals surface area contributed by atoms with Gasteiger partial charge in [-0.2, -0.15) is 5.10 Å². The second-order valence-corrected chi connectivity index (χ2v) is 5.46. The zero-order chi connectivity index (χ0) is 15.9. The molecule has 6 nitrogen and oxygen atoms in total. The predicted molar refractivity (Wildman–Crippen MR) is 91.3 cm³/mol. The molecule has 0 atom stereocenters. The summed E-state index contributed by atoms with van der Waals surface area (Å²) < 4.78 is 6.23. The molecule has 1 aromatic heterocycles. The summed E-state index contributed by atoms with van der Waals surface area (Å²) in [6.07, 6.45) is 4.43. The number of hydrogen-bond donors (Lipinski definition) is 2. The van der Waals surface area contributed by atoms with Crippen LogP contribution in [0.15, 0.2) is 41.8 Å². The molecule has 2 N–H and O–H groups in total. The first kappa shape index (κ1) is 16.2. The van der Waals surface area contributed by atoms with Gasteiger partial charge in [0.15, 0.2) is 11.5 Å². The van der Waals surface area contributed by atoms with Gasteiger partial charge in [0.05, 0.1) is 12.8 Å². The minimum Gasteiger partial charge on any atom is -0.504 e. The third kappa shape index (κ3) is 4.17. The maximum atomic E-state index is 11.8. The topological polar surface area (TPSA) is 83.8 Å². The number of hydrogen-bond acceptors (Lipinski definition) is 5. The van der Waals surface area contributed by atoms with Gasteiger partial charge in [-0.3, -0.25) is 9.78 Å². The number of hydrazone groups is 1. The molecule has 1 amide bonds. The predicted octanol–water partition coefficient (Wildman–Crippen LogP) is 2.55. The third-order valence-corrected chi connectivity index (χ3v) is 3.30. The van der Waals surface area contributed by atoms with Crippen LogP contribution in [0, 0.1) is 3.57 Å². The van der Waals surface area contributed by atoms with Gasteiger partial charge in [-0.25, -0.2) is 5.43 Å². The molecule has 0 aliphatic heterocycles. The number of amides is 1. The number of nitrogens with zero attached hydrogens (tertiary/aromatic N) is 2. The van der Waals surface area contributed by atoms with E-state index in [1.807, 2.05) is 6.92 Å². The molecule has 0 saturated heterocycles. The minimum absolute atomic E-state index is 0.0100. The number of nitrogens with one attached hydrogen (secondary N) is 1. The Kier molecular flexibility index (Phi) is 5.70. The van der Waals surface area contributed by atoms with Gasteiger partial charge in [-0.15, -0.1) is 0 Å². The average Bonchev–Trinajstić information content (AvgIpc) is 2.52. The largest absolute Gasteiger partial charge is 0.504 e. The number of carbonyl (C=O) groups is 1. The summed E-state index contributed by atoms with van der Waals surface area (Å²) in [6.45, 7) is 2.28. The molecular weight excluding hydrogens is 397 g/mol. The summed E-state index contributed by atoms with van der Waals surface area (Å²) in [5, 5.41) is 13.9. The average molecular weight is 411 g/mol. The number of halogens is 1. The molecule has 7 heteroatoms. The fourth-order valence-electron chi connectivity index (χ4n) is 1.69. The molecule has 0 aliphatic carbocycles. The Labute approximate surface area is 141 Å². The van der Waals surface area contributed by atoms with Crippen molar-refractivity contribution in [2.45, 2.75) is 6.92 Å². The number of phenolic OH excluding ortho intramolecular Hbond substituents is 1. The first-order valence-corrected chi connectivity index (χ1v) is 7.58. The fourth-order valence-corrected chi connectivity index (χ4v) is 2.30. The molecule has 0 aliphatic rings. The molecule has 0 radical (unpaired) electrons. The lowest BCUT2D eigenvalue weighted by molar-refractivity contribution is 0.0955. The van der Waals surface area contributed by atoms with Gasteiger partial charge < -0.3 is 9.84 Å². The Morgan fingerprint density at radius 3 is 2.86 bits per heavy atom. The zero-order valence-electron chi connectivity index (χ0n) is 11.8.